The minimum Gasteiger partial charge on any atom is -0.460 e. The van der Waals surface area contributed by atoms with Gasteiger partial charge in [-0.3, -0.25) is 4.79 Å². The third kappa shape index (κ3) is 6.30. The maximum Gasteiger partial charge on any atom is 0.321 e. The molecule has 1 N–H and O–H groups in total. The average Bonchev–Trinajstić information content (AvgIpc) is 2.75. The van der Waals surface area contributed by atoms with Crippen LogP contribution in [0.2, 0.25) is 5.15 Å². The number of benzene rings is 2. The van der Waals surface area contributed by atoms with Crippen molar-refractivity contribution in [2.75, 3.05) is 12.8 Å². The topological polar surface area (TPSA) is 85.4 Å². The van der Waals surface area contributed by atoms with Gasteiger partial charge in [-0.2, -0.15) is 0 Å². The van der Waals surface area contributed by atoms with E-state index in [9.17, 15) is 13.2 Å². The van der Waals surface area contributed by atoms with Gasteiger partial charge in [0.15, 0.2) is 0 Å². The second-order valence-corrected chi connectivity index (χ2v) is 9.13. The summed E-state index contributed by atoms with van der Waals surface area (Å²) in [6.07, 6.45) is 3.42. The SMILES string of the molecule is CSc1ccc2cc(COC(=O)CNS(=O)(=O)/C=C/c3ccccc3)c(Cl)nc2c1. The highest BCUT2D eigenvalue weighted by Gasteiger charge is 2.12. The van der Waals surface area contributed by atoms with E-state index in [1.54, 1.807) is 42.1 Å². The number of hydrogen-bond acceptors (Lipinski definition) is 6. The van der Waals surface area contributed by atoms with E-state index in [0.29, 0.717) is 5.56 Å². The van der Waals surface area contributed by atoms with E-state index in [1.165, 1.54) is 6.08 Å². The van der Waals surface area contributed by atoms with Crippen molar-refractivity contribution in [3.63, 3.8) is 0 Å². The van der Waals surface area contributed by atoms with Gasteiger partial charge in [0.25, 0.3) is 0 Å². The number of hydrogen-bond donors (Lipinski definition) is 1. The van der Waals surface area contributed by atoms with Gasteiger partial charge in [0.1, 0.15) is 18.3 Å². The van der Waals surface area contributed by atoms with Gasteiger partial charge in [-0.15, -0.1) is 11.8 Å². The molecule has 0 spiro atoms. The number of carbonyl (C=O) groups is 1. The minimum atomic E-state index is -3.77. The van der Waals surface area contributed by atoms with Gasteiger partial charge >= 0.3 is 5.97 Å². The molecule has 2 aromatic carbocycles. The fourth-order valence-corrected chi connectivity index (χ4v) is 3.93. The van der Waals surface area contributed by atoms with Crippen LogP contribution in [-0.4, -0.2) is 32.2 Å². The molecule has 0 unspecified atom stereocenters. The van der Waals surface area contributed by atoms with Crippen molar-refractivity contribution in [1.82, 2.24) is 9.71 Å². The average molecular weight is 463 g/mol. The Bertz CT molecular complexity index is 1180. The molecule has 0 bridgehead atoms. The van der Waals surface area contributed by atoms with Gasteiger partial charge in [0.2, 0.25) is 10.0 Å². The van der Waals surface area contributed by atoms with Gasteiger partial charge in [-0.25, -0.2) is 18.1 Å². The molecule has 0 aliphatic heterocycles. The monoisotopic (exact) mass is 462 g/mol. The first kappa shape index (κ1) is 22.3. The van der Waals surface area contributed by atoms with Crippen LogP contribution in [-0.2, 0) is 26.2 Å². The normalized spacial score (nSPS) is 11.8. The molecule has 9 heteroatoms. The number of sulfonamides is 1. The highest BCUT2D eigenvalue weighted by atomic mass is 35.5. The van der Waals surface area contributed by atoms with E-state index in [4.69, 9.17) is 16.3 Å². The molecule has 156 valence electrons. The summed E-state index contributed by atoms with van der Waals surface area (Å²) in [4.78, 5) is 17.4. The van der Waals surface area contributed by atoms with Crippen LogP contribution in [0.1, 0.15) is 11.1 Å². The van der Waals surface area contributed by atoms with Crippen molar-refractivity contribution >= 4 is 56.3 Å². The van der Waals surface area contributed by atoms with Crippen molar-refractivity contribution in [1.29, 1.82) is 0 Å². The molecule has 30 heavy (non-hydrogen) atoms. The van der Waals surface area contributed by atoms with E-state index in [-0.39, 0.29) is 11.8 Å². The lowest BCUT2D eigenvalue weighted by Crippen LogP contribution is -2.29. The van der Waals surface area contributed by atoms with E-state index in [2.05, 4.69) is 9.71 Å². The summed E-state index contributed by atoms with van der Waals surface area (Å²) in [5, 5.41) is 2.11. The molecule has 0 fully saturated rings. The summed E-state index contributed by atoms with van der Waals surface area (Å²) in [5.41, 5.74) is 2.02. The Labute approximate surface area is 184 Å². The van der Waals surface area contributed by atoms with Crippen molar-refractivity contribution in [2.24, 2.45) is 0 Å². The predicted octanol–water partition coefficient (Wildman–Crippen LogP) is 4.24. The highest BCUT2D eigenvalue weighted by molar-refractivity contribution is 7.98. The second kappa shape index (κ2) is 10.1. The van der Waals surface area contributed by atoms with Crippen LogP contribution in [0.5, 0.6) is 0 Å². The van der Waals surface area contributed by atoms with Gasteiger partial charge in [0.05, 0.1) is 5.52 Å². The number of halogens is 1. The number of thioether (sulfide) groups is 1. The number of nitrogens with one attached hydrogen (secondary N) is 1. The molecule has 0 aliphatic carbocycles. The number of pyridine rings is 1. The van der Waals surface area contributed by atoms with E-state index in [1.807, 2.05) is 30.5 Å². The number of esters is 1. The molecular formula is C21H19ClN2O4S2. The first-order valence-corrected chi connectivity index (χ1v) is 12.0. The maximum absolute atomic E-state index is 12.0. The summed E-state index contributed by atoms with van der Waals surface area (Å²) in [6.45, 7) is -0.594. The predicted molar refractivity (Wildman–Crippen MR) is 121 cm³/mol. The molecule has 0 amide bonds. The Morgan fingerprint density at radius 1 is 1.20 bits per heavy atom. The first-order chi connectivity index (χ1) is 14.4. The Morgan fingerprint density at radius 3 is 2.70 bits per heavy atom. The van der Waals surface area contributed by atoms with Gasteiger partial charge in [0, 0.05) is 21.3 Å². The van der Waals surface area contributed by atoms with Crippen LogP contribution in [0.15, 0.2) is 64.9 Å². The molecule has 0 radical (unpaired) electrons. The van der Waals surface area contributed by atoms with Gasteiger partial charge in [-0.1, -0.05) is 48.0 Å². The molecule has 0 aliphatic rings. The number of ether oxygens (including phenoxy) is 1. The van der Waals surface area contributed by atoms with Crippen LogP contribution >= 0.6 is 23.4 Å². The summed E-state index contributed by atoms with van der Waals surface area (Å²) >= 11 is 7.81. The Balaban J connectivity index is 1.56. The number of rotatable bonds is 8. The number of fused-ring (bicyclic) bond motifs is 1. The summed E-state index contributed by atoms with van der Waals surface area (Å²) in [5.74, 6) is -0.722. The van der Waals surface area contributed by atoms with Crippen LogP contribution in [0.3, 0.4) is 0 Å². The number of carbonyl (C=O) groups excluding carboxylic acids is 1. The lowest BCUT2D eigenvalue weighted by atomic mass is 10.2. The van der Waals surface area contributed by atoms with Crippen molar-refractivity contribution in [2.45, 2.75) is 11.5 Å². The smallest absolute Gasteiger partial charge is 0.321 e. The van der Waals surface area contributed by atoms with Crippen molar-refractivity contribution in [3.05, 3.63) is 76.3 Å². The molecule has 1 aromatic heterocycles. The minimum absolute atomic E-state index is 0.105. The third-order valence-corrected chi connectivity index (χ3v) is 6.19. The van der Waals surface area contributed by atoms with E-state index in [0.717, 1.165) is 26.8 Å². The third-order valence-electron chi connectivity index (χ3n) is 4.10. The Kier molecular flexibility index (Phi) is 7.49. The molecule has 0 saturated carbocycles. The van der Waals surface area contributed by atoms with Crippen LogP contribution in [0.4, 0.5) is 0 Å². The lowest BCUT2D eigenvalue weighted by molar-refractivity contribution is -0.143. The van der Waals surface area contributed by atoms with Crippen molar-refractivity contribution < 1.29 is 17.9 Å². The molecule has 0 saturated heterocycles. The zero-order valence-corrected chi connectivity index (χ0v) is 18.4. The number of nitrogens with zero attached hydrogens (tertiary/aromatic N) is 1. The maximum atomic E-state index is 12.0. The fourth-order valence-electron chi connectivity index (χ4n) is 2.54. The summed E-state index contributed by atoms with van der Waals surface area (Å²) < 4.78 is 31.3. The standard InChI is InChI=1S/C21H19ClN2O4S2/c1-29-18-8-7-16-11-17(21(22)24-19(16)12-18)14-28-20(25)13-23-30(26,27)10-9-15-5-3-2-4-6-15/h2-12,23H,13-14H2,1H3/b10-9+. The van der Waals surface area contributed by atoms with Crippen molar-refractivity contribution in [3.8, 4) is 0 Å². The van der Waals surface area contributed by atoms with Crippen LogP contribution in [0, 0.1) is 0 Å². The molecule has 3 rings (SSSR count). The Hall–Kier alpha value is -2.39. The molecule has 3 aromatic rings. The van der Waals surface area contributed by atoms with Gasteiger partial charge < -0.3 is 4.74 Å². The fraction of sp³-hybridized carbons (Fsp3) is 0.143. The van der Waals surface area contributed by atoms with Gasteiger partial charge in [-0.05, 0) is 36.1 Å². The second-order valence-electron chi connectivity index (χ2n) is 6.24. The highest BCUT2D eigenvalue weighted by Crippen LogP contribution is 2.25. The largest absolute Gasteiger partial charge is 0.460 e. The molecule has 6 nitrogen and oxygen atoms in total. The molecule has 1 heterocycles. The first-order valence-electron chi connectivity index (χ1n) is 8.88. The zero-order chi connectivity index (χ0) is 21.6. The van der Waals surface area contributed by atoms with E-state index >= 15 is 0 Å². The Morgan fingerprint density at radius 2 is 1.97 bits per heavy atom. The summed E-state index contributed by atoms with van der Waals surface area (Å²) in [6, 6.07) is 16.6. The van der Waals surface area contributed by atoms with Crippen LogP contribution < -0.4 is 4.72 Å². The molecule has 0 atom stereocenters. The van der Waals surface area contributed by atoms with Crippen LogP contribution in [0.25, 0.3) is 17.0 Å². The number of aromatic nitrogens is 1. The lowest BCUT2D eigenvalue weighted by Gasteiger charge is -2.09. The summed E-state index contributed by atoms with van der Waals surface area (Å²) in [7, 11) is -3.77. The quantitative estimate of drug-likeness (QED) is 0.306. The molecular weight excluding hydrogens is 444 g/mol. The van der Waals surface area contributed by atoms with E-state index < -0.39 is 22.5 Å². The zero-order valence-electron chi connectivity index (χ0n) is 16.0.